The van der Waals surface area contributed by atoms with Crippen LogP contribution in [0.3, 0.4) is 0 Å². The number of carboxylic acid groups (broad SMARTS) is 1. The van der Waals surface area contributed by atoms with E-state index in [-0.39, 0.29) is 0 Å². The topological polar surface area (TPSA) is 75.3 Å². The minimum Gasteiger partial charge on any atom is -0.475 e. The maximum absolute atomic E-state index is 10.6. The maximum Gasteiger partial charge on any atom is 0.490 e. The van der Waals surface area contributed by atoms with Gasteiger partial charge in [0.1, 0.15) is 0 Å². The Bertz CT molecular complexity index is 254. The highest BCUT2D eigenvalue weighted by Crippen LogP contribution is 2.13. The SMILES string of the molecule is C[C@H]1C=CC[C@H](N)CN1.O=C(O)C(F)(F)F. The quantitative estimate of drug-likeness (QED) is 0.549. The molecule has 4 N–H and O–H groups in total. The Hall–Kier alpha value is -1.08. The summed E-state index contributed by atoms with van der Waals surface area (Å²) in [6, 6.07) is 0.810. The molecule has 0 aromatic carbocycles. The highest BCUT2D eigenvalue weighted by molar-refractivity contribution is 5.73. The van der Waals surface area contributed by atoms with Crippen molar-refractivity contribution in [1.82, 2.24) is 5.32 Å². The third-order valence-electron chi connectivity index (χ3n) is 1.81. The molecular formula is C9H15F3N2O2. The summed E-state index contributed by atoms with van der Waals surface area (Å²) in [4.78, 5) is 8.90. The van der Waals surface area contributed by atoms with Gasteiger partial charge >= 0.3 is 12.1 Å². The maximum atomic E-state index is 10.6. The van der Waals surface area contributed by atoms with Gasteiger partial charge in [-0.05, 0) is 13.3 Å². The van der Waals surface area contributed by atoms with Crippen LogP contribution in [0.1, 0.15) is 13.3 Å². The Labute approximate surface area is 91.3 Å². The van der Waals surface area contributed by atoms with Crippen molar-refractivity contribution >= 4 is 5.97 Å². The molecule has 1 aliphatic heterocycles. The van der Waals surface area contributed by atoms with Crippen molar-refractivity contribution in [1.29, 1.82) is 0 Å². The number of nitrogens with one attached hydrogen (secondary N) is 1. The van der Waals surface area contributed by atoms with Crippen LogP contribution in [0.25, 0.3) is 0 Å². The molecule has 0 bridgehead atoms. The Morgan fingerprint density at radius 3 is 2.50 bits per heavy atom. The number of carboxylic acids is 1. The van der Waals surface area contributed by atoms with Gasteiger partial charge < -0.3 is 16.2 Å². The van der Waals surface area contributed by atoms with Gasteiger partial charge in [-0.1, -0.05) is 12.2 Å². The molecule has 94 valence electrons. The van der Waals surface area contributed by atoms with Crippen LogP contribution in [0, 0.1) is 0 Å². The molecule has 16 heavy (non-hydrogen) atoms. The second-order valence-electron chi connectivity index (χ2n) is 3.42. The van der Waals surface area contributed by atoms with E-state index >= 15 is 0 Å². The van der Waals surface area contributed by atoms with Crippen molar-refractivity contribution in [2.75, 3.05) is 6.54 Å². The van der Waals surface area contributed by atoms with Crippen molar-refractivity contribution in [3.63, 3.8) is 0 Å². The summed E-state index contributed by atoms with van der Waals surface area (Å²) in [6.07, 6.45) is 0.236. The molecule has 1 rings (SSSR count). The lowest BCUT2D eigenvalue weighted by Crippen LogP contribution is -2.35. The number of hydrogen-bond acceptors (Lipinski definition) is 3. The number of alkyl halides is 3. The van der Waals surface area contributed by atoms with Crippen molar-refractivity contribution < 1.29 is 23.1 Å². The van der Waals surface area contributed by atoms with Gasteiger partial charge in [0.25, 0.3) is 0 Å². The largest absolute Gasteiger partial charge is 0.490 e. The van der Waals surface area contributed by atoms with Gasteiger partial charge in [-0.2, -0.15) is 13.2 Å². The molecule has 2 atom stereocenters. The second kappa shape index (κ2) is 6.49. The average molecular weight is 240 g/mol. The summed E-state index contributed by atoms with van der Waals surface area (Å²) >= 11 is 0. The van der Waals surface area contributed by atoms with Gasteiger partial charge in [-0.15, -0.1) is 0 Å². The van der Waals surface area contributed by atoms with E-state index in [0.717, 1.165) is 13.0 Å². The van der Waals surface area contributed by atoms with E-state index < -0.39 is 12.1 Å². The van der Waals surface area contributed by atoms with Crippen LogP contribution >= 0.6 is 0 Å². The first-order valence-electron chi connectivity index (χ1n) is 4.69. The van der Waals surface area contributed by atoms with E-state index in [9.17, 15) is 13.2 Å². The molecule has 0 aromatic rings. The number of halogens is 3. The zero-order valence-corrected chi connectivity index (χ0v) is 8.79. The Balaban J connectivity index is 0.000000293. The number of nitrogens with two attached hydrogens (primary N) is 1. The van der Waals surface area contributed by atoms with Crippen molar-refractivity contribution in [3.05, 3.63) is 12.2 Å². The molecular weight excluding hydrogens is 225 g/mol. The van der Waals surface area contributed by atoms with E-state index in [1.807, 2.05) is 0 Å². The summed E-state index contributed by atoms with van der Waals surface area (Å²) in [5.74, 6) is -2.76. The number of carbonyl (C=O) groups is 1. The van der Waals surface area contributed by atoms with Crippen molar-refractivity contribution in [3.8, 4) is 0 Å². The van der Waals surface area contributed by atoms with E-state index in [2.05, 4.69) is 24.4 Å². The van der Waals surface area contributed by atoms with E-state index in [1.54, 1.807) is 0 Å². The van der Waals surface area contributed by atoms with Crippen LogP contribution in [0.15, 0.2) is 12.2 Å². The molecule has 1 heterocycles. The van der Waals surface area contributed by atoms with Gasteiger partial charge in [0.2, 0.25) is 0 Å². The molecule has 0 saturated heterocycles. The number of aliphatic carboxylic acids is 1. The predicted molar refractivity (Wildman–Crippen MR) is 52.9 cm³/mol. The molecule has 0 saturated carbocycles. The van der Waals surface area contributed by atoms with Crippen molar-refractivity contribution in [2.24, 2.45) is 5.73 Å². The van der Waals surface area contributed by atoms with Crippen LogP contribution in [0.4, 0.5) is 13.2 Å². The Morgan fingerprint density at radius 2 is 2.06 bits per heavy atom. The fourth-order valence-corrected chi connectivity index (χ4v) is 0.946. The van der Waals surface area contributed by atoms with Gasteiger partial charge in [0.15, 0.2) is 0 Å². The van der Waals surface area contributed by atoms with Crippen LogP contribution in [0.2, 0.25) is 0 Å². The van der Waals surface area contributed by atoms with Gasteiger partial charge in [0, 0.05) is 18.6 Å². The highest BCUT2D eigenvalue weighted by Gasteiger charge is 2.38. The summed E-state index contributed by atoms with van der Waals surface area (Å²) in [6.45, 7) is 3.07. The van der Waals surface area contributed by atoms with E-state index in [0.29, 0.717) is 12.1 Å². The zero-order chi connectivity index (χ0) is 12.8. The molecule has 1 aliphatic rings. The van der Waals surface area contributed by atoms with E-state index in [1.165, 1.54) is 0 Å². The molecule has 0 amide bonds. The molecule has 4 nitrogen and oxygen atoms in total. The lowest BCUT2D eigenvalue weighted by Gasteiger charge is -2.08. The van der Waals surface area contributed by atoms with Crippen LogP contribution in [-0.4, -0.2) is 35.9 Å². The van der Waals surface area contributed by atoms with Crippen LogP contribution in [0.5, 0.6) is 0 Å². The molecule has 0 unspecified atom stereocenters. The zero-order valence-electron chi connectivity index (χ0n) is 8.79. The molecule has 0 fully saturated rings. The van der Waals surface area contributed by atoms with Gasteiger partial charge in [-0.25, -0.2) is 4.79 Å². The Morgan fingerprint density at radius 1 is 1.56 bits per heavy atom. The first kappa shape index (κ1) is 14.9. The van der Waals surface area contributed by atoms with Crippen molar-refractivity contribution in [2.45, 2.75) is 31.6 Å². The first-order chi connectivity index (χ1) is 7.23. The summed E-state index contributed by atoms with van der Waals surface area (Å²) < 4.78 is 31.7. The predicted octanol–water partition coefficient (Wildman–Crippen LogP) is 0.885. The minimum absolute atomic E-state index is 0.311. The third kappa shape index (κ3) is 7.24. The molecule has 0 spiro atoms. The van der Waals surface area contributed by atoms with Crippen LogP contribution < -0.4 is 11.1 Å². The first-order valence-corrected chi connectivity index (χ1v) is 4.69. The lowest BCUT2D eigenvalue weighted by atomic mass is 10.2. The monoisotopic (exact) mass is 240 g/mol. The molecule has 0 radical (unpaired) electrons. The Kier molecular flexibility index (Phi) is 6.05. The fourth-order valence-electron chi connectivity index (χ4n) is 0.946. The lowest BCUT2D eigenvalue weighted by molar-refractivity contribution is -0.192. The highest BCUT2D eigenvalue weighted by atomic mass is 19.4. The fraction of sp³-hybridized carbons (Fsp3) is 0.667. The average Bonchev–Trinajstić information content (AvgIpc) is 2.30. The second-order valence-corrected chi connectivity index (χ2v) is 3.42. The van der Waals surface area contributed by atoms with Gasteiger partial charge in [0.05, 0.1) is 0 Å². The number of hydrogen-bond donors (Lipinski definition) is 3. The standard InChI is InChI=1S/C7H14N2.C2HF3O2/c1-6-3-2-4-7(8)5-9-6;3-2(4,5)1(6)7/h2-3,6-7,9H,4-5,8H2,1H3;(H,6,7)/t6-,7-;/m0./s1. The molecule has 0 aliphatic carbocycles. The third-order valence-corrected chi connectivity index (χ3v) is 1.81. The summed E-state index contributed by atoms with van der Waals surface area (Å²) in [7, 11) is 0. The summed E-state index contributed by atoms with van der Waals surface area (Å²) in [5, 5.41) is 10.4. The van der Waals surface area contributed by atoms with Gasteiger partial charge in [-0.3, -0.25) is 0 Å². The number of rotatable bonds is 0. The minimum atomic E-state index is -5.08. The normalized spacial score (nSPS) is 25.3. The smallest absolute Gasteiger partial charge is 0.475 e. The molecule has 0 aromatic heterocycles. The summed E-state index contributed by atoms with van der Waals surface area (Å²) in [5.41, 5.74) is 5.68. The van der Waals surface area contributed by atoms with E-state index in [4.69, 9.17) is 15.6 Å². The van der Waals surface area contributed by atoms with Crippen LogP contribution in [-0.2, 0) is 4.79 Å². The molecule has 7 heteroatoms.